The Labute approximate surface area is 121 Å². The van der Waals surface area contributed by atoms with E-state index < -0.39 is 0 Å². The lowest BCUT2D eigenvalue weighted by Crippen LogP contribution is -2.31. The molecule has 20 heavy (non-hydrogen) atoms. The highest BCUT2D eigenvalue weighted by atomic mass is 32.1. The van der Waals surface area contributed by atoms with Crippen LogP contribution in [0.25, 0.3) is 10.6 Å². The summed E-state index contributed by atoms with van der Waals surface area (Å²) in [5.74, 6) is -0.567. The van der Waals surface area contributed by atoms with Gasteiger partial charge in [-0.1, -0.05) is 19.1 Å². The van der Waals surface area contributed by atoms with Gasteiger partial charge in [0.25, 0.3) is 5.91 Å². The van der Waals surface area contributed by atoms with Gasteiger partial charge in [-0.3, -0.25) is 4.79 Å². The molecule has 0 aliphatic heterocycles. The van der Waals surface area contributed by atoms with Gasteiger partial charge < -0.3 is 10.6 Å². The molecule has 1 aromatic heterocycles. The molecule has 1 aromatic carbocycles. The van der Waals surface area contributed by atoms with Crippen LogP contribution in [0.5, 0.6) is 0 Å². The highest BCUT2D eigenvalue weighted by Gasteiger charge is 2.13. The molecule has 0 bridgehead atoms. The fourth-order valence-electron chi connectivity index (χ4n) is 1.67. The van der Waals surface area contributed by atoms with Crippen LogP contribution >= 0.6 is 11.3 Å². The summed E-state index contributed by atoms with van der Waals surface area (Å²) in [5, 5.41) is 8.03. The van der Waals surface area contributed by atoms with Crippen molar-refractivity contribution >= 4 is 17.2 Å². The molecule has 0 aliphatic rings. The van der Waals surface area contributed by atoms with E-state index in [1.54, 1.807) is 23.6 Å². The SMILES string of the molecule is CCNCCNC(=O)c1csc(-c2ccccc2F)n1. The Balaban J connectivity index is 2.02. The third-order valence-corrected chi connectivity index (χ3v) is 3.55. The van der Waals surface area contributed by atoms with E-state index in [-0.39, 0.29) is 11.7 Å². The Hall–Kier alpha value is -1.79. The number of benzene rings is 1. The van der Waals surface area contributed by atoms with Crippen molar-refractivity contribution in [2.45, 2.75) is 6.92 Å². The van der Waals surface area contributed by atoms with Crippen molar-refractivity contribution in [3.8, 4) is 10.6 Å². The molecule has 6 heteroatoms. The highest BCUT2D eigenvalue weighted by molar-refractivity contribution is 7.13. The molecular weight excluding hydrogens is 277 g/mol. The molecule has 0 fully saturated rings. The summed E-state index contributed by atoms with van der Waals surface area (Å²) in [6.45, 7) is 4.12. The predicted molar refractivity (Wildman–Crippen MR) is 78.4 cm³/mol. The molecule has 0 saturated carbocycles. The van der Waals surface area contributed by atoms with Gasteiger partial charge in [-0.05, 0) is 18.7 Å². The van der Waals surface area contributed by atoms with Crippen LogP contribution in [0.2, 0.25) is 0 Å². The molecule has 106 valence electrons. The number of hydrogen-bond acceptors (Lipinski definition) is 4. The van der Waals surface area contributed by atoms with E-state index >= 15 is 0 Å². The number of carbonyl (C=O) groups is 1. The smallest absolute Gasteiger partial charge is 0.270 e. The number of halogens is 1. The largest absolute Gasteiger partial charge is 0.349 e. The maximum Gasteiger partial charge on any atom is 0.270 e. The van der Waals surface area contributed by atoms with E-state index in [0.717, 1.165) is 6.54 Å². The van der Waals surface area contributed by atoms with Crippen molar-refractivity contribution in [2.24, 2.45) is 0 Å². The van der Waals surface area contributed by atoms with Gasteiger partial charge in [0.05, 0.1) is 0 Å². The molecule has 0 atom stereocenters. The average molecular weight is 293 g/mol. The summed E-state index contributed by atoms with van der Waals surface area (Å²) >= 11 is 1.26. The van der Waals surface area contributed by atoms with Crippen LogP contribution in [-0.2, 0) is 0 Å². The Morgan fingerprint density at radius 3 is 2.90 bits per heavy atom. The van der Waals surface area contributed by atoms with Crippen molar-refractivity contribution in [1.82, 2.24) is 15.6 Å². The Morgan fingerprint density at radius 2 is 2.15 bits per heavy atom. The van der Waals surface area contributed by atoms with Crippen molar-refractivity contribution in [3.63, 3.8) is 0 Å². The van der Waals surface area contributed by atoms with Crippen LogP contribution in [-0.4, -0.2) is 30.5 Å². The molecular formula is C14H16FN3OS. The number of carbonyl (C=O) groups excluding carboxylic acids is 1. The molecule has 2 rings (SSSR count). The Morgan fingerprint density at radius 1 is 1.35 bits per heavy atom. The maximum absolute atomic E-state index is 13.6. The molecule has 1 heterocycles. The second-order valence-corrected chi connectivity index (χ2v) is 4.99. The van der Waals surface area contributed by atoms with E-state index in [1.165, 1.54) is 17.4 Å². The van der Waals surface area contributed by atoms with E-state index in [1.807, 2.05) is 6.92 Å². The van der Waals surface area contributed by atoms with E-state index in [4.69, 9.17) is 0 Å². The lowest BCUT2D eigenvalue weighted by molar-refractivity contribution is 0.0950. The number of rotatable bonds is 6. The van der Waals surface area contributed by atoms with Crippen molar-refractivity contribution in [2.75, 3.05) is 19.6 Å². The topological polar surface area (TPSA) is 54.0 Å². The zero-order valence-corrected chi connectivity index (χ0v) is 12.0. The van der Waals surface area contributed by atoms with Gasteiger partial charge in [0.1, 0.15) is 16.5 Å². The Bertz CT molecular complexity index is 585. The van der Waals surface area contributed by atoms with Crippen LogP contribution < -0.4 is 10.6 Å². The fraction of sp³-hybridized carbons (Fsp3) is 0.286. The summed E-state index contributed by atoms with van der Waals surface area (Å²) in [5.41, 5.74) is 0.744. The summed E-state index contributed by atoms with van der Waals surface area (Å²) in [6, 6.07) is 6.41. The predicted octanol–water partition coefficient (Wildman–Crippen LogP) is 2.29. The van der Waals surface area contributed by atoms with Gasteiger partial charge in [0.2, 0.25) is 0 Å². The maximum atomic E-state index is 13.6. The molecule has 0 spiro atoms. The number of thiazole rings is 1. The minimum Gasteiger partial charge on any atom is -0.349 e. The van der Waals surface area contributed by atoms with Crippen molar-refractivity contribution < 1.29 is 9.18 Å². The summed E-state index contributed by atoms with van der Waals surface area (Å²) in [7, 11) is 0. The highest BCUT2D eigenvalue weighted by Crippen LogP contribution is 2.25. The number of amides is 1. The van der Waals surface area contributed by atoms with Gasteiger partial charge in [-0.2, -0.15) is 0 Å². The molecule has 0 saturated heterocycles. The van der Waals surface area contributed by atoms with Crippen LogP contribution in [0.1, 0.15) is 17.4 Å². The fourth-order valence-corrected chi connectivity index (χ4v) is 2.49. The molecule has 0 aliphatic carbocycles. The van der Waals surface area contributed by atoms with Gasteiger partial charge >= 0.3 is 0 Å². The normalized spacial score (nSPS) is 10.5. The average Bonchev–Trinajstić information content (AvgIpc) is 2.93. The van der Waals surface area contributed by atoms with E-state index in [0.29, 0.717) is 29.4 Å². The van der Waals surface area contributed by atoms with Crippen LogP contribution in [0, 0.1) is 5.82 Å². The number of nitrogens with one attached hydrogen (secondary N) is 2. The lowest BCUT2D eigenvalue weighted by atomic mass is 10.2. The molecule has 4 nitrogen and oxygen atoms in total. The molecule has 0 radical (unpaired) electrons. The minimum absolute atomic E-state index is 0.234. The van der Waals surface area contributed by atoms with Gasteiger partial charge in [0.15, 0.2) is 0 Å². The monoisotopic (exact) mass is 293 g/mol. The molecule has 0 unspecified atom stereocenters. The standard InChI is InChI=1S/C14H16FN3OS/c1-2-16-7-8-17-13(19)12-9-20-14(18-12)10-5-3-4-6-11(10)15/h3-6,9,16H,2,7-8H2,1H3,(H,17,19). The summed E-state index contributed by atoms with van der Waals surface area (Å²) in [4.78, 5) is 16.0. The van der Waals surface area contributed by atoms with Gasteiger partial charge in [-0.25, -0.2) is 9.37 Å². The van der Waals surface area contributed by atoms with E-state index in [2.05, 4.69) is 15.6 Å². The number of likely N-dealkylation sites (N-methyl/N-ethyl adjacent to an activating group) is 1. The van der Waals surface area contributed by atoms with Crippen LogP contribution in [0.15, 0.2) is 29.6 Å². The number of nitrogens with zero attached hydrogens (tertiary/aromatic N) is 1. The summed E-state index contributed by atoms with van der Waals surface area (Å²) < 4.78 is 13.6. The quantitative estimate of drug-likeness (QED) is 0.804. The first-order valence-corrected chi connectivity index (χ1v) is 7.29. The van der Waals surface area contributed by atoms with Crippen LogP contribution in [0.4, 0.5) is 4.39 Å². The second-order valence-electron chi connectivity index (χ2n) is 4.13. The third kappa shape index (κ3) is 3.61. The number of hydrogen-bond donors (Lipinski definition) is 2. The summed E-state index contributed by atoms with van der Waals surface area (Å²) in [6.07, 6.45) is 0. The molecule has 2 aromatic rings. The van der Waals surface area contributed by atoms with Gasteiger partial charge in [-0.15, -0.1) is 11.3 Å². The Kier molecular flexibility index (Phi) is 5.20. The second kappa shape index (κ2) is 7.12. The zero-order chi connectivity index (χ0) is 14.4. The zero-order valence-electron chi connectivity index (χ0n) is 11.1. The van der Waals surface area contributed by atoms with Crippen molar-refractivity contribution in [3.05, 3.63) is 41.2 Å². The lowest BCUT2D eigenvalue weighted by Gasteiger charge is -2.03. The third-order valence-electron chi connectivity index (χ3n) is 2.68. The number of aromatic nitrogens is 1. The van der Waals surface area contributed by atoms with Crippen LogP contribution in [0.3, 0.4) is 0 Å². The molecule has 1 amide bonds. The first-order valence-electron chi connectivity index (χ1n) is 6.41. The first-order chi connectivity index (χ1) is 9.72. The first kappa shape index (κ1) is 14.6. The van der Waals surface area contributed by atoms with Crippen molar-refractivity contribution in [1.29, 1.82) is 0 Å². The van der Waals surface area contributed by atoms with Gasteiger partial charge in [0, 0.05) is 24.0 Å². The minimum atomic E-state index is -0.332. The molecule has 2 N–H and O–H groups in total. The van der Waals surface area contributed by atoms with E-state index in [9.17, 15) is 9.18 Å².